The third-order valence-corrected chi connectivity index (χ3v) is 4.62. The van der Waals surface area contributed by atoms with Crippen LogP contribution in [0.15, 0.2) is 54.9 Å². The number of benzene rings is 1. The molecule has 24 heavy (non-hydrogen) atoms. The lowest BCUT2D eigenvalue weighted by molar-refractivity contribution is -0.119. The van der Waals surface area contributed by atoms with Crippen LogP contribution in [0.2, 0.25) is 0 Å². The lowest BCUT2D eigenvalue weighted by Crippen LogP contribution is -2.43. The molecule has 0 unspecified atom stereocenters. The molecule has 0 radical (unpaired) electrons. The maximum Gasteiger partial charge on any atom is 0.245 e. The molecule has 0 aliphatic carbocycles. The molecule has 0 aliphatic rings. The molecule has 2 aromatic heterocycles. The maximum atomic E-state index is 12.5. The molecule has 0 saturated carbocycles. The van der Waals surface area contributed by atoms with E-state index in [9.17, 15) is 4.79 Å². The SMILES string of the molecule is CN(C(=O)[C@@H](N)Cc1ccccc1)c1nnc(-c2ccncc2)s1. The number of hydrogen-bond acceptors (Lipinski definition) is 6. The molecule has 0 bridgehead atoms. The zero-order chi connectivity index (χ0) is 16.9. The van der Waals surface area contributed by atoms with Crippen LogP contribution in [-0.2, 0) is 11.2 Å². The van der Waals surface area contributed by atoms with Crippen LogP contribution in [-0.4, -0.2) is 34.2 Å². The zero-order valence-electron chi connectivity index (χ0n) is 13.2. The summed E-state index contributed by atoms with van der Waals surface area (Å²) in [4.78, 5) is 18.0. The normalized spacial score (nSPS) is 11.9. The molecule has 6 nitrogen and oxygen atoms in total. The van der Waals surface area contributed by atoms with E-state index in [1.807, 2.05) is 42.5 Å². The smallest absolute Gasteiger partial charge is 0.245 e. The van der Waals surface area contributed by atoms with Gasteiger partial charge in [0.05, 0.1) is 6.04 Å². The number of rotatable bonds is 5. The highest BCUT2D eigenvalue weighted by atomic mass is 32.1. The largest absolute Gasteiger partial charge is 0.320 e. The minimum atomic E-state index is -0.620. The lowest BCUT2D eigenvalue weighted by atomic mass is 10.1. The molecule has 3 rings (SSSR count). The molecule has 1 atom stereocenters. The highest BCUT2D eigenvalue weighted by Gasteiger charge is 2.22. The van der Waals surface area contributed by atoms with Crippen molar-refractivity contribution in [2.75, 3.05) is 11.9 Å². The van der Waals surface area contributed by atoms with Crippen molar-refractivity contribution < 1.29 is 4.79 Å². The second-order valence-electron chi connectivity index (χ2n) is 5.32. The van der Waals surface area contributed by atoms with E-state index in [0.717, 1.165) is 16.1 Å². The van der Waals surface area contributed by atoms with Crippen molar-refractivity contribution >= 4 is 22.4 Å². The van der Waals surface area contributed by atoms with Gasteiger partial charge in [0.2, 0.25) is 11.0 Å². The highest BCUT2D eigenvalue weighted by Crippen LogP contribution is 2.27. The quantitative estimate of drug-likeness (QED) is 0.770. The first-order chi connectivity index (χ1) is 11.6. The second kappa shape index (κ2) is 7.29. The summed E-state index contributed by atoms with van der Waals surface area (Å²) in [5.41, 5.74) is 8.01. The van der Waals surface area contributed by atoms with Gasteiger partial charge in [0.15, 0.2) is 0 Å². The van der Waals surface area contributed by atoms with Crippen LogP contribution in [0, 0.1) is 0 Å². The maximum absolute atomic E-state index is 12.5. The summed E-state index contributed by atoms with van der Waals surface area (Å²) in [5.74, 6) is -0.184. The number of amides is 1. The standard InChI is InChI=1S/C17H17N5OS/c1-22(16(23)14(18)11-12-5-3-2-4-6-12)17-21-20-15(24-17)13-7-9-19-10-8-13/h2-10,14H,11,18H2,1H3/t14-/m0/s1. The van der Waals surface area contributed by atoms with Crippen LogP contribution in [0.4, 0.5) is 5.13 Å². The number of nitrogens with zero attached hydrogens (tertiary/aromatic N) is 4. The van der Waals surface area contributed by atoms with Crippen LogP contribution in [0.1, 0.15) is 5.56 Å². The first-order valence-corrected chi connectivity index (χ1v) is 8.28. The fraction of sp³-hybridized carbons (Fsp3) is 0.176. The minimum absolute atomic E-state index is 0.184. The molecule has 0 saturated heterocycles. The Morgan fingerprint density at radius 2 is 1.88 bits per heavy atom. The van der Waals surface area contributed by atoms with Gasteiger partial charge in [0.1, 0.15) is 5.01 Å². The zero-order valence-corrected chi connectivity index (χ0v) is 14.0. The Morgan fingerprint density at radius 1 is 1.17 bits per heavy atom. The van der Waals surface area contributed by atoms with Crippen molar-refractivity contribution in [2.24, 2.45) is 5.73 Å². The lowest BCUT2D eigenvalue weighted by Gasteiger charge is -2.18. The van der Waals surface area contributed by atoms with Crippen molar-refractivity contribution in [1.82, 2.24) is 15.2 Å². The summed E-state index contributed by atoms with van der Waals surface area (Å²) in [6.07, 6.45) is 3.88. The summed E-state index contributed by atoms with van der Waals surface area (Å²) >= 11 is 1.35. The van der Waals surface area contributed by atoms with Gasteiger partial charge >= 0.3 is 0 Å². The number of likely N-dealkylation sites (N-methyl/N-ethyl adjacent to an activating group) is 1. The Kier molecular flexibility index (Phi) is 4.93. The molecule has 0 aliphatic heterocycles. The molecule has 2 heterocycles. The fourth-order valence-electron chi connectivity index (χ4n) is 2.26. The summed E-state index contributed by atoms with van der Waals surface area (Å²) in [7, 11) is 1.67. The van der Waals surface area contributed by atoms with Gasteiger partial charge in [-0.1, -0.05) is 41.7 Å². The number of pyridine rings is 1. The summed E-state index contributed by atoms with van der Waals surface area (Å²) < 4.78 is 0. The molecule has 1 amide bonds. The van der Waals surface area contributed by atoms with E-state index in [-0.39, 0.29) is 5.91 Å². The third-order valence-electron chi connectivity index (χ3n) is 3.57. The van der Waals surface area contributed by atoms with E-state index >= 15 is 0 Å². The van der Waals surface area contributed by atoms with Gasteiger partial charge in [-0.3, -0.25) is 14.7 Å². The number of carbonyl (C=O) groups is 1. The number of carbonyl (C=O) groups excluding carboxylic acids is 1. The van der Waals surface area contributed by atoms with Gasteiger partial charge in [0, 0.05) is 25.0 Å². The van der Waals surface area contributed by atoms with Gasteiger partial charge in [-0.15, -0.1) is 10.2 Å². The van der Waals surface area contributed by atoms with Gasteiger partial charge in [-0.05, 0) is 24.1 Å². The van der Waals surface area contributed by atoms with Crippen molar-refractivity contribution in [3.05, 3.63) is 60.4 Å². The predicted octanol–water partition coefficient (Wildman–Crippen LogP) is 2.13. The van der Waals surface area contributed by atoms with E-state index in [4.69, 9.17) is 5.73 Å². The van der Waals surface area contributed by atoms with Crippen LogP contribution in [0.5, 0.6) is 0 Å². The number of nitrogens with two attached hydrogens (primary N) is 1. The van der Waals surface area contributed by atoms with E-state index in [0.29, 0.717) is 11.6 Å². The van der Waals surface area contributed by atoms with Crippen LogP contribution < -0.4 is 10.6 Å². The van der Waals surface area contributed by atoms with Crippen LogP contribution >= 0.6 is 11.3 Å². The van der Waals surface area contributed by atoms with E-state index in [1.165, 1.54) is 16.2 Å². The topological polar surface area (TPSA) is 85.0 Å². The van der Waals surface area contributed by atoms with Crippen LogP contribution in [0.3, 0.4) is 0 Å². The molecular weight excluding hydrogens is 322 g/mol. The van der Waals surface area contributed by atoms with Crippen molar-refractivity contribution in [3.8, 4) is 10.6 Å². The first kappa shape index (κ1) is 16.2. The fourth-order valence-corrected chi connectivity index (χ4v) is 3.08. The highest BCUT2D eigenvalue weighted by molar-refractivity contribution is 7.18. The Labute approximate surface area is 144 Å². The van der Waals surface area contributed by atoms with Gasteiger partial charge < -0.3 is 5.73 Å². The molecule has 122 valence electrons. The van der Waals surface area contributed by atoms with Gasteiger partial charge in [-0.2, -0.15) is 0 Å². The first-order valence-electron chi connectivity index (χ1n) is 7.46. The predicted molar refractivity (Wildman–Crippen MR) is 94.7 cm³/mol. The summed E-state index contributed by atoms with van der Waals surface area (Å²) in [5, 5.41) is 9.50. The molecular formula is C17H17N5OS. The van der Waals surface area contributed by atoms with Crippen molar-refractivity contribution in [3.63, 3.8) is 0 Å². The molecule has 2 N–H and O–H groups in total. The monoisotopic (exact) mass is 339 g/mol. The average molecular weight is 339 g/mol. The van der Waals surface area contributed by atoms with Gasteiger partial charge in [0.25, 0.3) is 0 Å². The van der Waals surface area contributed by atoms with Gasteiger partial charge in [-0.25, -0.2) is 0 Å². The van der Waals surface area contributed by atoms with Crippen molar-refractivity contribution in [2.45, 2.75) is 12.5 Å². The molecule has 0 spiro atoms. The minimum Gasteiger partial charge on any atom is -0.320 e. The van der Waals surface area contributed by atoms with E-state index < -0.39 is 6.04 Å². The molecule has 1 aromatic carbocycles. The molecule has 0 fully saturated rings. The Balaban J connectivity index is 1.70. The molecule has 3 aromatic rings. The molecule has 7 heteroatoms. The van der Waals surface area contributed by atoms with Crippen molar-refractivity contribution in [1.29, 1.82) is 0 Å². The number of hydrogen-bond donors (Lipinski definition) is 1. The number of anilines is 1. The summed E-state index contributed by atoms with van der Waals surface area (Å²) in [6, 6.07) is 12.8. The Bertz CT molecular complexity index is 806. The Morgan fingerprint density at radius 3 is 2.58 bits per heavy atom. The Hall–Kier alpha value is -2.64. The van der Waals surface area contributed by atoms with E-state index in [2.05, 4.69) is 15.2 Å². The van der Waals surface area contributed by atoms with E-state index in [1.54, 1.807) is 19.4 Å². The number of aromatic nitrogens is 3. The second-order valence-corrected chi connectivity index (χ2v) is 6.28. The average Bonchev–Trinajstić information content (AvgIpc) is 3.12. The summed E-state index contributed by atoms with van der Waals surface area (Å²) in [6.45, 7) is 0. The van der Waals surface area contributed by atoms with Crippen LogP contribution in [0.25, 0.3) is 10.6 Å². The third kappa shape index (κ3) is 3.64.